The molecule has 2 amide bonds. The van der Waals surface area contributed by atoms with Crippen molar-refractivity contribution >= 4 is 35.2 Å². The molecule has 0 aromatic heterocycles. The molecule has 11 heteroatoms. The third-order valence-electron chi connectivity index (χ3n) is 6.57. The number of benzene rings is 2. The Morgan fingerprint density at radius 3 is 2.55 bits per heavy atom. The number of nitriles is 1. The van der Waals surface area contributed by atoms with Crippen molar-refractivity contribution in [1.82, 2.24) is 4.90 Å². The Balaban J connectivity index is 2.23. The standard InChI is InChI=1S/C27H29Cl2F2N3O4/c1-26(2,3)11-15-12-34(25(37)38-13-17(35)10-22(33)36)24(18-5-4-6-20(29)23(18)31)27(15,14-32)19-8-7-16(28)9-21(19)30/h4-9,15,17,24,35H,10-13H2,1-3H3,(H2,33,36)/t15-,17-,24-,27-/m0/s1. The van der Waals surface area contributed by atoms with Crippen molar-refractivity contribution in [3.63, 3.8) is 0 Å². The normalized spacial score (nSPS) is 22.1. The molecule has 0 saturated carbocycles. The summed E-state index contributed by atoms with van der Waals surface area (Å²) >= 11 is 12.1. The van der Waals surface area contributed by atoms with E-state index in [0.717, 1.165) is 11.0 Å². The molecule has 4 atom stereocenters. The number of rotatable bonds is 7. The second-order valence-corrected chi connectivity index (χ2v) is 11.5. The van der Waals surface area contributed by atoms with Crippen molar-refractivity contribution in [1.29, 1.82) is 5.26 Å². The van der Waals surface area contributed by atoms with Crippen LogP contribution in [0.15, 0.2) is 36.4 Å². The van der Waals surface area contributed by atoms with Gasteiger partial charge in [-0.25, -0.2) is 13.6 Å². The molecule has 38 heavy (non-hydrogen) atoms. The Bertz CT molecular complexity index is 1260. The molecule has 1 heterocycles. The van der Waals surface area contributed by atoms with Crippen molar-refractivity contribution in [2.45, 2.75) is 51.2 Å². The number of aliphatic hydroxyl groups is 1. The Hall–Kier alpha value is -2.93. The van der Waals surface area contributed by atoms with E-state index < -0.39 is 60.1 Å². The van der Waals surface area contributed by atoms with Gasteiger partial charge in [0.1, 0.15) is 23.7 Å². The molecule has 2 aromatic rings. The highest BCUT2D eigenvalue weighted by Gasteiger charge is 2.60. The van der Waals surface area contributed by atoms with E-state index in [0.29, 0.717) is 6.42 Å². The Labute approximate surface area is 230 Å². The number of likely N-dealkylation sites (tertiary alicyclic amines) is 1. The van der Waals surface area contributed by atoms with Crippen LogP contribution < -0.4 is 5.73 Å². The topological polar surface area (TPSA) is 117 Å². The molecule has 0 spiro atoms. The number of carbonyl (C=O) groups is 2. The van der Waals surface area contributed by atoms with Crippen molar-refractivity contribution in [2.24, 2.45) is 17.1 Å². The first-order valence-corrected chi connectivity index (χ1v) is 12.7. The number of primary amides is 1. The summed E-state index contributed by atoms with van der Waals surface area (Å²) in [6, 6.07) is 8.94. The second-order valence-electron chi connectivity index (χ2n) is 10.7. The number of halogens is 4. The molecule has 7 nitrogen and oxygen atoms in total. The van der Waals surface area contributed by atoms with Crippen LogP contribution in [0, 0.1) is 34.3 Å². The van der Waals surface area contributed by atoms with Crippen molar-refractivity contribution in [3.05, 3.63) is 69.2 Å². The van der Waals surface area contributed by atoms with Crippen LogP contribution in [0.5, 0.6) is 0 Å². The summed E-state index contributed by atoms with van der Waals surface area (Å²) in [6.45, 7) is 5.15. The molecule has 2 aromatic carbocycles. The van der Waals surface area contributed by atoms with Crippen LogP contribution in [-0.4, -0.2) is 41.3 Å². The monoisotopic (exact) mass is 567 g/mol. The zero-order chi connectivity index (χ0) is 28.4. The van der Waals surface area contributed by atoms with Crippen LogP contribution in [0.25, 0.3) is 0 Å². The van der Waals surface area contributed by atoms with Gasteiger partial charge < -0.3 is 15.6 Å². The predicted octanol–water partition coefficient (Wildman–Crippen LogP) is 5.52. The van der Waals surface area contributed by atoms with Gasteiger partial charge in [0, 0.05) is 28.6 Å². The van der Waals surface area contributed by atoms with Gasteiger partial charge in [0.05, 0.1) is 29.7 Å². The number of ether oxygens (including phenoxy) is 1. The summed E-state index contributed by atoms with van der Waals surface area (Å²) in [7, 11) is 0. The molecule has 3 N–H and O–H groups in total. The van der Waals surface area contributed by atoms with Gasteiger partial charge in [-0.05, 0) is 30.0 Å². The minimum Gasteiger partial charge on any atom is -0.447 e. The molecule has 1 aliphatic rings. The van der Waals surface area contributed by atoms with E-state index in [4.69, 9.17) is 33.7 Å². The average molecular weight is 568 g/mol. The fourth-order valence-corrected chi connectivity index (χ4v) is 5.53. The Morgan fingerprint density at radius 2 is 1.97 bits per heavy atom. The van der Waals surface area contributed by atoms with Gasteiger partial charge in [0.25, 0.3) is 0 Å². The quantitative estimate of drug-likeness (QED) is 0.457. The number of nitrogens with zero attached hydrogens (tertiary/aromatic N) is 2. The number of hydrogen-bond donors (Lipinski definition) is 2. The van der Waals surface area contributed by atoms with E-state index in [1.807, 2.05) is 20.8 Å². The first-order valence-electron chi connectivity index (χ1n) is 11.9. The van der Waals surface area contributed by atoms with Gasteiger partial charge in [-0.15, -0.1) is 0 Å². The van der Waals surface area contributed by atoms with Gasteiger partial charge >= 0.3 is 6.09 Å². The lowest BCUT2D eigenvalue weighted by molar-refractivity contribution is -0.120. The minimum atomic E-state index is -1.77. The summed E-state index contributed by atoms with van der Waals surface area (Å²) in [4.78, 5) is 25.7. The first kappa shape index (κ1) is 29.6. The number of aliphatic hydroxyl groups excluding tert-OH is 1. The van der Waals surface area contributed by atoms with Gasteiger partial charge in [0.15, 0.2) is 0 Å². The zero-order valence-electron chi connectivity index (χ0n) is 21.2. The van der Waals surface area contributed by atoms with Crippen molar-refractivity contribution in [3.8, 4) is 6.07 Å². The van der Waals surface area contributed by atoms with E-state index in [2.05, 4.69) is 6.07 Å². The molecule has 1 aliphatic heterocycles. The fourth-order valence-electron chi connectivity index (χ4n) is 5.19. The molecular formula is C27H29Cl2F2N3O4. The highest BCUT2D eigenvalue weighted by molar-refractivity contribution is 6.31. The SMILES string of the molecule is CC(C)(C)C[C@H]1CN(C(=O)OC[C@@H](O)CC(N)=O)[C@@H](c2cccc(Cl)c2F)[C@]1(C#N)c1ccc(Cl)cc1F. The molecule has 0 bridgehead atoms. The van der Waals surface area contributed by atoms with Crippen molar-refractivity contribution < 1.29 is 28.2 Å². The largest absolute Gasteiger partial charge is 0.447 e. The van der Waals surface area contributed by atoms with Crippen LogP contribution >= 0.6 is 23.2 Å². The van der Waals surface area contributed by atoms with E-state index in [1.54, 1.807) is 0 Å². The molecule has 1 saturated heterocycles. The minimum absolute atomic E-state index is 0.0490. The fraction of sp³-hybridized carbons (Fsp3) is 0.444. The number of hydrogen-bond acceptors (Lipinski definition) is 5. The first-order chi connectivity index (χ1) is 17.7. The highest BCUT2D eigenvalue weighted by Crippen LogP contribution is 2.56. The highest BCUT2D eigenvalue weighted by atomic mass is 35.5. The molecule has 0 aliphatic carbocycles. The van der Waals surface area contributed by atoms with Crippen LogP contribution in [0.3, 0.4) is 0 Å². The van der Waals surface area contributed by atoms with Gasteiger partial charge in [-0.2, -0.15) is 5.26 Å². The average Bonchev–Trinajstić information content (AvgIpc) is 3.11. The number of nitrogens with two attached hydrogens (primary N) is 1. The smallest absolute Gasteiger partial charge is 0.410 e. The van der Waals surface area contributed by atoms with E-state index in [-0.39, 0.29) is 33.1 Å². The molecular weight excluding hydrogens is 539 g/mol. The van der Waals surface area contributed by atoms with E-state index in [1.165, 1.54) is 30.3 Å². The summed E-state index contributed by atoms with van der Waals surface area (Å²) in [6.07, 6.45) is -2.43. The lowest BCUT2D eigenvalue weighted by Gasteiger charge is -2.37. The summed E-state index contributed by atoms with van der Waals surface area (Å²) in [5.41, 5.74) is 2.80. The Kier molecular flexibility index (Phi) is 8.92. The number of amides is 2. The third kappa shape index (κ3) is 6.04. The molecule has 0 radical (unpaired) electrons. The van der Waals surface area contributed by atoms with E-state index >= 15 is 8.78 Å². The van der Waals surface area contributed by atoms with Crippen LogP contribution in [0.1, 0.15) is 50.8 Å². The maximum absolute atomic E-state index is 15.5. The zero-order valence-corrected chi connectivity index (χ0v) is 22.7. The van der Waals surface area contributed by atoms with Crippen molar-refractivity contribution in [2.75, 3.05) is 13.2 Å². The van der Waals surface area contributed by atoms with Gasteiger partial charge in [-0.1, -0.05) is 62.2 Å². The van der Waals surface area contributed by atoms with Crippen LogP contribution in [0.4, 0.5) is 13.6 Å². The van der Waals surface area contributed by atoms with Gasteiger partial charge in [0.2, 0.25) is 5.91 Å². The van der Waals surface area contributed by atoms with Crippen LogP contribution in [-0.2, 0) is 14.9 Å². The number of carbonyl (C=O) groups excluding carboxylic acids is 2. The molecule has 1 fully saturated rings. The second kappa shape index (κ2) is 11.4. The predicted molar refractivity (Wildman–Crippen MR) is 138 cm³/mol. The summed E-state index contributed by atoms with van der Waals surface area (Å²) < 4.78 is 36.4. The van der Waals surface area contributed by atoms with E-state index in [9.17, 15) is 20.0 Å². The maximum atomic E-state index is 15.5. The molecule has 0 unspecified atom stereocenters. The summed E-state index contributed by atoms with van der Waals surface area (Å²) in [5.74, 6) is -3.11. The molecule has 3 rings (SSSR count). The lowest BCUT2D eigenvalue weighted by atomic mass is 9.63. The van der Waals surface area contributed by atoms with Gasteiger partial charge in [-0.3, -0.25) is 9.69 Å². The lowest BCUT2D eigenvalue weighted by Crippen LogP contribution is -2.41. The third-order valence-corrected chi connectivity index (χ3v) is 7.10. The molecule has 204 valence electrons. The Morgan fingerprint density at radius 1 is 1.29 bits per heavy atom. The summed E-state index contributed by atoms with van der Waals surface area (Å²) in [5, 5.41) is 20.6. The van der Waals surface area contributed by atoms with Crippen LogP contribution in [0.2, 0.25) is 10.0 Å². The maximum Gasteiger partial charge on any atom is 0.410 e.